The zero-order valence-corrected chi connectivity index (χ0v) is 19.9. The van der Waals surface area contributed by atoms with Crippen molar-refractivity contribution in [3.63, 3.8) is 0 Å². The fraction of sp³-hybridized carbons (Fsp3) is 0.808. The number of hydrogen-bond acceptors (Lipinski definition) is 3. The third-order valence-electron chi connectivity index (χ3n) is 9.74. The molecule has 3 saturated carbocycles. The average Bonchev–Trinajstić information content (AvgIpc) is 3.13. The molecule has 172 valence electrons. The number of carbonyl (C=O) groups excluding carboxylic acids is 3. The van der Waals surface area contributed by atoms with Crippen molar-refractivity contribution < 1.29 is 14.4 Å². The van der Waals surface area contributed by atoms with Crippen molar-refractivity contribution >= 4 is 17.6 Å². The molecule has 2 N–H and O–H groups in total. The minimum atomic E-state index is -0.551. The number of ketones is 1. The number of carbonyl (C=O) groups is 3. The molecule has 0 aromatic carbocycles. The fourth-order valence-corrected chi connectivity index (χ4v) is 7.70. The predicted octanol–water partition coefficient (Wildman–Crippen LogP) is 4.16. The molecule has 4 aliphatic rings. The van der Waals surface area contributed by atoms with Gasteiger partial charge in [0.2, 0.25) is 0 Å². The number of rotatable bonds is 5. The Balaban J connectivity index is 1.62. The maximum atomic E-state index is 13.2. The first kappa shape index (κ1) is 22.5. The van der Waals surface area contributed by atoms with Crippen LogP contribution in [-0.2, 0) is 14.4 Å². The van der Waals surface area contributed by atoms with Gasteiger partial charge in [-0.3, -0.25) is 14.4 Å². The molecule has 0 radical (unpaired) electrons. The molecule has 5 heteroatoms. The van der Waals surface area contributed by atoms with Gasteiger partial charge in [-0.05, 0) is 74.5 Å². The van der Waals surface area contributed by atoms with E-state index in [2.05, 4.69) is 24.5 Å². The van der Waals surface area contributed by atoms with Crippen LogP contribution in [0.5, 0.6) is 0 Å². The van der Waals surface area contributed by atoms with Gasteiger partial charge >= 0.3 is 0 Å². The van der Waals surface area contributed by atoms with Gasteiger partial charge in [0.1, 0.15) is 5.57 Å². The monoisotopic (exact) mass is 428 g/mol. The predicted molar refractivity (Wildman–Crippen MR) is 121 cm³/mol. The summed E-state index contributed by atoms with van der Waals surface area (Å²) in [4.78, 5) is 38.2. The van der Waals surface area contributed by atoms with Gasteiger partial charge in [-0.1, -0.05) is 46.6 Å². The lowest BCUT2D eigenvalue weighted by Crippen LogP contribution is -2.61. The van der Waals surface area contributed by atoms with Crippen molar-refractivity contribution in [3.8, 4) is 0 Å². The number of Topliss-reactive ketones (excluding diaryl/α,β-unsaturated/α-hetero) is 1. The van der Waals surface area contributed by atoms with Gasteiger partial charge in [0.15, 0.2) is 5.78 Å². The number of hydrogen-bond donors (Lipinski definition) is 2. The second-order valence-electron chi connectivity index (χ2n) is 11.4. The molecule has 3 aliphatic carbocycles. The molecule has 0 bridgehead atoms. The van der Waals surface area contributed by atoms with E-state index in [0.717, 1.165) is 18.8 Å². The number of fused-ring (bicyclic) bond motifs is 5. The molecule has 3 unspecified atom stereocenters. The summed E-state index contributed by atoms with van der Waals surface area (Å²) in [5.41, 5.74) is 0.487. The van der Waals surface area contributed by atoms with Crippen LogP contribution in [0.1, 0.15) is 86.0 Å². The molecule has 1 heterocycles. The summed E-state index contributed by atoms with van der Waals surface area (Å²) in [6.45, 7) is 10.2. The van der Waals surface area contributed by atoms with Crippen LogP contribution in [0.2, 0.25) is 0 Å². The minimum Gasteiger partial charge on any atom is -0.348 e. The van der Waals surface area contributed by atoms with Crippen molar-refractivity contribution in [1.29, 1.82) is 0 Å². The van der Waals surface area contributed by atoms with Crippen molar-refractivity contribution in [3.05, 3.63) is 11.6 Å². The third kappa shape index (κ3) is 3.66. The maximum absolute atomic E-state index is 13.2. The van der Waals surface area contributed by atoms with E-state index in [1.165, 1.54) is 45.4 Å². The Kier molecular flexibility index (Phi) is 5.85. The Morgan fingerprint density at radius 1 is 1.16 bits per heavy atom. The topological polar surface area (TPSA) is 75.3 Å². The highest BCUT2D eigenvalue weighted by Gasteiger charge is 2.58. The lowest BCUT2D eigenvalue weighted by molar-refractivity contribution is -0.130. The highest BCUT2D eigenvalue weighted by molar-refractivity contribution is 6.19. The van der Waals surface area contributed by atoms with Gasteiger partial charge in [-0.2, -0.15) is 0 Å². The second kappa shape index (κ2) is 8.04. The second-order valence-corrected chi connectivity index (χ2v) is 11.4. The van der Waals surface area contributed by atoms with Crippen LogP contribution >= 0.6 is 0 Å². The van der Waals surface area contributed by atoms with E-state index in [0.29, 0.717) is 17.3 Å². The SMILES string of the molecule is CCC(C)C(NC(=O)C1=C[C@@]2(C)C(CC[C@@H]3[C@H]2CC[C@]2(C)CCC[C@@H]32)NC1=O)C(C)=O. The largest absolute Gasteiger partial charge is 0.348 e. The van der Waals surface area contributed by atoms with E-state index in [1.54, 1.807) is 0 Å². The summed E-state index contributed by atoms with van der Waals surface area (Å²) in [6, 6.07) is -0.452. The van der Waals surface area contributed by atoms with Crippen LogP contribution in [0, 0.1) is 34.5 Å². The van der Waals surface area contributed by atoms with Crippen molar-refractivity contribution in [2.45, 2.75) is 98.1 Å². The zero-order valence-electron chi connectivity index (χ0n) is 19.9. The van der Waals surface area contributed by atoms with Crippen LogP contribution in [0.25, 0.3) is 0 Å². The van der Waals surface area contributed by atoms with Crippen LogP contribution in [-0.4, -0.2) is 29.7 Å². The Morgan fingerprint density at radius 3 is 2.58 bits per heavy atom. The zero-order chi connectivity index (χ0) is 22.6. The van der Waals surface area contributed by atoms with Crippen LogP contribution in [0.3, 0.4) is 0 Å². The highest BCUT2D eigenvalue weighted by Crippen LogP contribution is 2.63. The van der Waals surface area contributed by atoms with Crippen LogP contribution < -0.4 is 10.6 Å². The van der Waals surface area contributed by atoms with Gasteiger partial charge in [-0.15, -0.1) is 0 Å². The van der Waals surface area contributed by atoms with Crippen LogP contribution in [0.4, 0.5) is 0 Å². The smallest absolute Gasteiger partial charge is 0.257 e. The Morgan fingerprint density at radius 2 is 1.90 bits per heavy atom. The molecule has 1 aliphatic heterocycles. The van der Waals surface area contributed by atoms with E-state index in [4.69, 9.17) is 0 Å². The Labute approximate surface area is 187 Å². The summed E-state index contributed by atoms with van der Waals surface area (Å²) >= 11 is 0. The summed E-state index contributed by atoms with van der Waals surface area (Å²) in [7, 11) is 0. The first-order valence-electron chi connectivity index (χ1n) is 12.5. The van der Waals surface area contributed by atoms with Gasteiger partial charge in [0.05, 0.1) is 6.04 Å². The Bertz CT molecular complexity index is 804. The van der Waals surface area contributed by atoms with E-state index >= 15 is 0 Å². The van der Waals surface area contributed by atoms with Gasteiger partial charge in [-0.25, -0.2) is 0 Å². The fourth-order valence-electron chi connectivity index (χ4n) is 7.70. The van der Waals surface area contributed by atoms with E-state index < -0.39 is 11.9 Å². The van der Waals surface area contributed by atoms with E-state index in [1.807, 2.05) is 19.9 Å². The maximum Gasteiger partial charge on any atom is 0.257 e. The van der Waals surface area contributed by atoms with E-state index in [-0.39, 0.29) is 34.6 Å². The normalized spacial score (nSPS) is 41.1. The third-order valence-corrected chi connectivity index (χ3v) is 9.74. The van der Waals surface area contributed by atoms with E-state index in [9.17, 15) is 14.4 Å². The van der Waals surface area contributed by atoms with Crippen molar-refractivity contribution in [2.24, 2.45) is 34.5 Å². The summed E-state index contributed by atoms with van der Waals surface area (Å²) in [5, 5.41) is 6.06. The van der Waals surface area contributed by atoms with Crippen molar-refractivity contribution in [1.82, 2.24) is 10.6 Å². The van der Waals surface area contributed by atoms with Gasteiger partial charge in [0.25, 0.3) is 11.8 Å². The van der Waals surface area contributed by atoms with Gasteiger partial charge in [0, 0.05) is 11.5 Å². The summed E-state index contributed by atoms with van der Waals surface area (Å²) in [6.07, 6.45) is 11.4. The molecule has 31 heavy (non-hydrogen) atoms. The first-order chi connectivity index (χ1) is 14.6. The molecule has 8 atom stereocenters. The summed E-state index contributed by atoms with van der Waals surface area (Å²) in [5.74, 6) is 1.25. The number of nitrogens with one attached hydrogen (secondary N) is 2. The molecule has 4 rings (SSSR count). The molecule has 0 aromatic heterocycles. The first-order valence-corrected chi connectivity index (χ1v) is 12.5. The molecule has 3 fully saturated rings. The molecular weight excluding hydrogens is 388 g/mol. The molecule has 0 spiro atoms. The average molecular weight is 429 g/mol. The quantitative estimate of drug-likeness (QED) is 0.646. The van der Waals surface area contributed by atoms with Crippen molar-refractivity contribution in [2.75, 3.05) is 0 Å². The molecule has 5 nitrogen and oxygen atoms in total. The lowest BCUT2D eigenvalue weighted by Gasteiger charge is -2.58. The molecular formula is C26H40N2O3. The number of amides is 2. The molecule has 2 amide bonds. The molecule has 0 saturated heterocycles. The van der Waals surface area contributed by atoms with Gasteiger partial charge < -0.3 is 10.6 Å². The molecule has 0 aromatic rings. The van der Waals surface area contributed by atoms with Crippen LogP contribution in [0.15, 0.2) is 11.6 Å². The minimum absolute atomic E-state index is 0.0366. The summed E-state index contributed by atoms with van der Waals surface area (Å²) < 4.78 is 0. The highest BCUT2D eigenvalue weighted by atomic mass is 16.2. The lowest BCUT2D eigenvalue weighted by atomic mass is 9.48. The standard InChI is InChI=1S/C26H40N2O3/c1-6-15(2)22(16(3)29)28-24(31)18-14-26(5)20-11-13-25(4)12-7-8-19(25)17(20)9-10-21(26)27-23(18)30/h14-15,17,19-22H,6-13H2,1-5H3,(H,27,30)(H,28,31)/t15?,17-,19-,20+,21?,22?,25-,26+/m0/s1. The Hall–Kier alpha value is -1.65.